The highest BCUT2D eigenvalue weighted by atomic mass is 14.8. The van der Waals surface area contributed by atoms with Crippen molar-refractivity contribution >= 4 is 30.3 Å². The van der Waals surface area contributed by atoms with Gasteiger partial charge >= 0.3 is 0 Å². The van der Waals surface area contributed by atoms with Gasteiger partial charge in [0.05, 0.1) is 22.8 Å². The van der Waals surface area contributed by atoms with E-state index in [1.165, 1.54) is 0 Å². The monoisotopic (exact) mass is 298 g/mol. The Balaban J connectivity index is 1.52. The van der Waals surface area contributed by atoms with Crippen LogP contribution in [0.15, 0.2) is 86.7 Å². The second-order valence-corrected chi connectivity index (χ2v) is 5.22. The highest BCUT2D eigenvalue weighted by Crippen LogP contribution is 2.17. The molecule has 4 nitrogen and oxygen atoms in total. The van der Waals surface area contributed by atoms with Gasteiger partial charge in [0.1, 0.15) is 0 Å². The molecule has 4 heteroatoms. The van der Waals surface area contributed by atoms with Gasteiger partial charge in [-0.15, -0.1) is 0 Å². The van der Waals surface area contributed by atoms with Crippen LogP contribution in [0.2, 0.25) is 0 Å². The first-order chi connectivity index (χ1) is 11.3. The van der Waals surface area contributed by atoms with Crippen molar-refractivity contribution < 1.29 is 0 Å². The summed E-state index contributed by atoms with van der Waals surface area (Å²) in [6.45, 7) is 0. The lowest BCUT2D eigenvalue weighted by Gasteiger charge is -1.92. The van der Waals surface area contributed by atoms with E-state index in [0.29, 0.717) is 0 Å². The van der Waals surface area contributed by atoms with Crippen molar-refractivity contribution in [1.82, 2.24) is 4.98 Å². The molecule has 0 fully saturated rings. The molecule has 23 heavy (non-hydrogen) atoms. The predicted molar refractivity (Wildman–Crippen MR) is 96.7 cm³/mol. The van der Waals surface area contributed by atoms with Crippen LogP contribution in [0.25, 0.3) is 12.2 Å². The summed E-state index contributed by atoms with van der Waals surface area (Å²) >= 11 is 0. The van der Waals surface area contributed by atoms with Crippen molar-refractivity contribution in [3.63, 3.8) is 0 Å². The summed E-state index contributed by atoms with van der Waals surface area (Å²) in [5.41, 5.74) is 5.74. The topological polar surface area (TPSA) is 52.9 Å². The second-order valence-electron chi connectivity index (χ2n) is 5.22. The Morgan fingerprint density at radius 2 is 1.35 bits per heavy atom. The van der Waals surface area contributed by atoms with E-state index >= 15 is 0 Å². The summed E-state index contributed by atoms with van der Waals surface area (Å²) < 4.78 is 0. The van der Waals surface area contributed by atoms with Crippen LogP contribution in [0.5, 0.6) is 0 Å². The average molecular weight is 298 g/mol. The molecular weight excluding hydrogens is 284 g/mol. The number of hydrogen-bond donors (Lipinski definition) is 1. The van der Waals surface area contributed by atoms with Gasteiger partial charge < -0.3 is 4.98 Å². The Kier molecular flexibility index (Phi) is 3.41. The van der Waals surface area contributed by atoms with Crippen LogP contribution in [0.3, 0.4) is 0 Å². The third-order valence-corrected chi connectivity index (χ3v) is 3.47. The van der Waals surface area contributed by atoms with E-state index < -0.39 is 0 Å². The first kappa shape index (κ1) is 13.4. The van der Waals surface area contributed by atoms with E-state index in [9.17, 15) is 0 Å². The van der Waals surface area contributed by atoms with E-state index in [0.717, 1.165) is 34.2 Å². The number of aromatic amines is 1. The van der Waals surface area contributed by atoms with Gasteiger partial charge in [0.15, 0.2) is 0 Å². The summed E-state index contributed by atoms with van der Waals surface area (Å²) in [6, 6.07) is 4.07. The molecule has 0 bridgehead atoms. The van der Waals surface area contributed by atoms with Crippen molar-refractivity contribution in [3.05, 3.63) is 83.1 Å². The molecular formula is C19H14N4. The first-order valence-corrected chi connectivity index (χ1v) is 7.37. The minimum absolute atomic E-state index is 0.911. The molecule has 110 valence electrons. The molecule has 3 aliphatic rings. The third kappa shape index (κ3) is 3.16. The number of aromatic nitrogens is 1. The van der Waals surface area contributed by atoms with E-state index in [1.54, 1.807) is 12.4 Å². The third-order valence-electron chi connectivity index (χ3n) is 3.47. The van der Waals surface area contributed by atoms with Crippen LogP contribution in [-0.4, -0.2) is 23.1 Å². The molecule has 0 amide bonds. The maximum Gasteiger partial charge on any atom is 0.0659 e. The van der Waals surface area contributed by atoms with Crippen LogP contribution < -0.4 is 0 Å². The van der Waals surface area contributed by atoms with Gasteiger partial charge in [-0.05, 0) is 66.8 Å². The number of aliphatic imine (C=N–C) groups is 3. The lowest BCUT2D eigenvalue weighted by Crippen LogP contribution is -1.84. The highest BCUT2D eigenvalue weighted by molar-refractivity contribution is 6.08. The molecule has 1 N–H and O–H groups in total. The van der Waals surface area contributed by atoms with Crippen LogP contribution in [0, 0.1) is 0 Å². The summed E-state index contributed by atoms with van der Waals surface area (Å²) in [4.78, 5) is 16.4. The molecule has 4 heterocycles. The predicted octanol–water partition coefficient (Wildman–Crippen LogP) is 3.87. The van der Waals surface area contributed by atoms with Crippen LogP contribution in [0.4, 0.5) is 0 Å². The van der Waals surface area contributed by atoms with Gasteiger partial charge in [-0.1, -0.05) is 0 Å². The Labute approximate surface area is 134 Å². The first-order valence-electron chi connectivity index (χ1n) is 7.37. The van der Waals surface area contributed by atoms with Crippen molar-refractivity contribution in [2.45, 2.75) is 0 Å². The summed E-state index contributed by atoms with van der Waals surface area (Å²) in [5.74, 6) is 0. The van der Waals surface area contributed by atoms with E-state index in [4.69, 9.17) is 0 Å². The number of nitrogens with zero attached hydrogens (tertiary/aromatic N) is 3. The van der Waals surface area contributed by atoms with Crippen molar-refractivity contribution in [2.24, 2.45) is 15.0 Å². The van der Waals surface area contributed by atoms with Gasteiger partial charge in [0.25, 0.3) is 0 Å². The lowest BCUT2D eigenvalue weighted by atomic mass is 10.3. The van der Waals surface area contributed by atoms with Gasteiger partial charge in [-0.25, -0.2) is 4.99 Å². The van der Waals surface area contributed by atoms with Gasteiger partial charge in [-0.3, -0.25) is 9.98 Å². The maximum absolute atomic E-state index is 4.57. The molecule has 0 radical (unpaired) electrons. The molecule has 1 aromatic heterocycles. The SMILES string of the molecule is C1=C/C(=C/c2ccc(/C=C3\C=CC(/C=C4\C=CC=N4)=N3)[nH]2)N=C1. The zero-order valence-electron chi connectivity index (χ0n) is 12.3. The molecule has 0 unspecified atom stereocenters. The molecule has 0 aromatic carbocycles. The highest BCUT2D eigenvalue weighted by Gasteiger charge is 2.05. The fourth-order valence-electron chi connectivity index (χ4n) is 2.42. The standard InChI is InChI=1S/C19H14N4/c1-3-14(20-9-1)11-16-5-7-18(22-16)13-19-8-6-17(23-19)12-15-4-2-10-21-15/h1-13,22H/b14-11-,15-12+,19-13+. The zero-order chi connectivity index (χ0) is 15.5. The maximum atomic E-state index is 4.57. The quantitative estimate of drug-likeness (QED) is 0.880. The number of hydrogen-bond acceptors (Lipinski definition) is 3. The number of allylic oxidation sites excluding steroid dienone is 7. The van der Waals surface area contributed by atoms with E-state index in [1.807, 2.05) is 66.8 Å². The molecule has 0 aliphatic carbocycles. The molecule has 0 atom stereocenters. The van der Waals surface area contributed by atoms with Crippen LogP contribution in [-0.2, 0) is 0 Å². The lowest BCUT2D eigenvalue weighted by molar-refractivity contribution is 1.32. The number of rotatable bonds is 3. The Hall–Kier alpha value is -3.27. The minimum atomic E-state index is 0.911. The second kappa shape index (κ2) is 5.85. The average Bonchev–Trinajstić information content (AvgIpc) is 3.31. The number of H-pyrrole nitrogens is 1. The molecule has 1 aromatic rings. The molecule has 3 aliphatic heterocycles. The molecule has 0 saturated heterocycles. The van der Waals surface area contributed by atoms with Crippen LogP contribution in [0.1, 0.15) is 11.4 Å². The van der Waals surface area contributed by atoms with Gasteiger partial charge in [-0.2, -0.15) is 0 Å². The minimum Gasteiger partial charge on any atom is -0.355 e. The van der Waals surface area contributed by atoms with Gasteiger partial charge in [0, 0.05) is 23.8 Å². The molecule has 0 saturated carbocycles. The number of nitrogens with one attached hydrogen (secondary N) is 1. The Bertz CT molecular complexity index is 881. The van der Waals surface area contributed by atoms with Crippen molar-refractivity contribution in [2.75, 3.05) is 0 Å². The van der Waals surface area contributed by atoms with Crippen molar-refractivity contribution in [1.29, 1.82) is 0 Å². The van der Waals surface area contributed by atoms with Crippen molar-refractivity contribution in [3.8, 4) is 0 Å². The Morgan fingerprint density at radius 1 is 0.696 bits per heavy atom. The smallest absolute Gasteiger partial charge is 0.0659 e. The molecule has 4 rings (SSSR count). The summed E-state index contributed by atoms with van der Waals surface area (Å²) in [5, 5.41) is 0. The normalized spacial score (nSPS) is 23.3. The van der Waals surface area contributed by atoms with Gasteiger partial charge in [0.2, 0.25) is 0 Å². The zero-order valence-corrected chi connectivity index (χ0v) is 12.3. The summed E-state index contributed by atoms with van der Waals surface area (Å²) in [6.07, 6.45) is 21.3. The van der Waals surface area contributed by atoms with Crippen LogP contribution >= 0.6 is 0 Å². The van der Waals surface area contributed by atoms with E-state index in [-0.39, 0.29) is 0 Å². The molecule has 0 spiro atoms. The Morgan fingerprint density at radius 3 is 2.00 bits per heavy atom. The van der Waals surface area contributed by atoms with E-state index in [2.05, 4.69) is 20.0 Å². The fraction of sp³-hybridized carbons (Fsp3) is 0. The largest absolute Gasteiger partial charge is 0.355 e. The fourth-order valence-corrected chi connectivity index (χ4v) is 2.42. The summed E-state index contributed by atoms with van der Waals surface area (Å²) in [7, 11) is 0.